The third kappa shape index (κ3) is 3.45. The molecule has 2 bridgehead atoms. The van der Waals surface area contributed by atoms with Crippen LogP contribution in [-0.2, 0) is 0 Å². The molecule has 3 heterocycles. The summed E-state index contributed by atoms with van der Waals surface area (Å²) in [5.41, 5.74) is 2.30. The Kier molecular flexibility index (Phi) is 4.65. The fourth-order valence-electron chi connectivity index (χ4n) is 3.60. The van der Waals surface area contributed by atoms with Gasteiger partial charge in [-0.1, -0.05) is 41.8 Å². The van der Waals surface area contributed by atoms with Crippen molar-refractivity contribution >= 4 is 23.5 Å². The van der Waals surface area contributed by atoms with Crippen LogP contribution in [0.4, 0.5) is 0 Å². The van der Waals surface area contributed by atoms with E-state index < -0.39 is 0 Å². The molecule has 2 aliphatic rings. The molecule has 1 aromatic carbocycles. The van der Waals surface area contributed by atoms with Gasteiger partial charge in [-0.2, -0.15) is 8.75 Å². The van der Waals surface area contributed by atoms with Crippen LogP contribution in [-0.4, -0.2) is 39.0 Å². The highest BCUT2D eigenvalue weighted by atomic mass is 32.2. The average Bonchev–Trinajstić information content (AvgIpc) is 3.16. The van der Waals surface area contributed by atoms with Gasteiger partial charge in [0.2, 0.25) is 0 Å². The second-order valence-electron chi connectivity index (χ2n) is 6.18. The van der Waals surface area contributed by atoms with Crippen molar-refractivity contribution in [2.45, 2.75) is 23.8 Å². The topological polar surface area (TPSA) is 29.0 Å². The van der Waals surface area contributed by atoms with Gasteiger partial charge in [-0.15, -0.1) is 0 Å². The van der Waals surface area contributed by atoms with Crippen molar-refractivity contribution in [3.05, 3.63) is 41.6 Å². The predicted molar refractivity (Wildman–Crippen MR) is 95.9 cm³/mol. The van der Waals surface area contributed by atoms with Crippen LogP contribution >= 0.6 is 23.5 Å². The summed E-state index contributed by atoms with van der Waals surface area (Å²) in [5.74, 6) is 8.59. The van der Waals surface area contributed by atoms with E-state index in [1.54, 1.807) is 11.8 Å². The normalized spacial score (nSPS) is 25.8. The molecule has 1 aromatic heterocycles. The highest BCUT2D eigenvalue weighted by molar-refractivity contribution is 7.99. The van der Waals surface area contributed by atoms with Gasteiger partial charge in [0.05, 0.1) is 23.2 Å². The molecular formula is C18H19N3S2. The van der Waals surface area contributed by atoms with Crippen LogP contribution in [0.15, 0.2) is 35.4 Å². The lowest BCUT2D eigenvalue weighted by atomic mass is 9.89. The Bertz CT molecular complexity index is 717. The maximum atomic E-state index is 4.63. The molecule has 2 saturated heterocycles. The molecule has 0 spiro atoms. The van der Waals surface area contributed by atoms with Crippen LogP contribution in [0.25, 0.3) is 0 Å². The van der Waals surface area contributed by atoms with Gasteiger partial charge in [-0.3, -0.25) is 0 Å². The summed E-state index contributed by atoms with van der Waals surface area (Å²) in [6, 6.07) is 10.1. The molecule has 3 nitrogen and oxygen atoms in total. The molecule has 23 heavy (non-hydrogen) atoms. The van der Waals surface area contributed by atoms with Crippen molar-refractivity contribution < 1.29 is 0 Å². The Morgan fingerprint density at radius 3 is 3.00 bits per heavy atom. The van der Waals surface area contributed by atoms with Crippen LogP contribution in [0, 0.1) is 17.8 Å². The lowest BCUT2D eigenvalue weighted by Gasteiger charge is -2.21. The van der Waals surface area contributed by atoms with E-state index in [0.717, 1.165) is 22.3 Å². The van der Waals surface area contributed by atoms with Crippen molar-refractivity contribution in [2.24, 2.45) is 5.92 Å². The molecule has 1 unspecified atom stereocenters. The van der Waals surface area contributed by atoms with Crippen molar-refractivity contribution in [2.75, 3.05) is 25.4 Å². The SMILES string of the molecule is C(#Cc1ccccc1)CSc1nsnc1[C@H]1CN2CCC[C@H]1C2. The minimum atomic E-state index is 0.584. The summed E-state index contributed by atoms with van der Waals surface area (Å²) in [4.78, 5) is 2.59. The number of rotatable bonds is 3. The largest absolute Gasteiger partial charge is 0.302 e. The zero-order valence-electron chi connectivity index (χ0n) is 12.9. The van der Waals surface area contributed by atoms with Crippen LogP contribution in [0.5, 0.6) is 0 Å². The summed E-state index contributed by atoms with van der Waals surface area (Å²) in [6.45, 7) is 3.68. The molecule has 0 radical (unpaired) electrons. The van der Waals surface area contributed by atoms with Crippen LogP contribution in [0.2, 0.25) is 0 Å². The molecule has 118 valence electrons. The summed E-state index contributed by atoms with van der Waals surface area (Å²) in [5, 5.41) is 1.11. The molecule has 2 fully saturated rings. The highest BCUT2D eigenvalue weighted by Crippen LogP contribution is 2.41. The fourth-order valence-corrected chi connectivity index (χ4v) is 5.11. The molecule has 0 aliphatic carbocycles. The number of thioether (sulfide) groups is 1. The first-order valence-corrected chi connectivity index (χ1v) is 9.83. The van der Waals surface area contributed by atoms with E-state index in [-0.39, 0.29) is 0 Å². The summed E-state index contributed by atoms with van der Waals surface area (Å²) < 4.78 is 9.16. The lowest BCUT2D eigenvalue weighted by Crippen LogP contribution is -2.25. The molecule has 3 atom stereocenters. The number of aromatic nitrogens is 2. The second-order valence-corrected chi connectivity index (χ2v) is 7.67. The highest BCUT2D eigenvalue weighted by Gasteiger charge is 2.38. The van der Waals surface area contributed by atoms with Crippen molar-refractivity contribution in [3.63, 3.8) is 0 Å². The van der Waals surface area contributed by atoms with Gasteiger partial charge in [0.1, 0.15) is 5.03 Å². The Morgan fingerprint density at radius 2 is 2.13 bits per heavy atom. The molecule has 0 saturated carbocycles. The second kappa shape index (κ2) is 7.04. The quantitative estimate of drug-likeness (QED) is 0.631. The van der Waals surface area contributed by atoms with E-state index in [0.29, 0.717) is 5.92 Å². The number of fused-ring (bicyclic) bond motifs is 2. The van der Waals surface area contributed by atoms with Crippen molar-refractivity contribution in [3.8, 4) is 11.8 Å². The zero-order chi connectivity index (χ0) is 15.5. The van der Waals surface area contributed by atoms with Crippen LogP contribution < -0.4 is 0 Å². The zero-order valence-corrected chi connectivity index (χ0v) is 14.6. The Labute approximate surface area is 145 Å². The van der Waals surface area contributed by atoms with Gasteiger partial charge in [0, 0.05) is 24.6 Å². The fraction of sp³-hybridized carbons (Fsp3) is 0.444. The van der Waals surface area contributed by atoms with Crippen molar-refractivity contribution in [1.82, 2.24) is 13.6 Å². The van der Waals surface area contributed by atoms with Gasteiger partial charge in [-0.25, -0.2) is 0 Å². The smallest absolute Gasteiger partial charge is 0.134 e. The number of benzene rings is 1. The first-order chi connectivity index (χ1) is 11.4. The minimum absolute atomic E-state index is 0.584. The Balaban J connectivity index is 1.41. The number of nitrogens with zero attached hydrogens (tertiary/aromatic N) is 3. The molecule has 4 rings (SSSR count). The summed E-state index contributed by atoms with van der Waals surface area (Å²) in [6.07, 6.45) is 2.68. The summed E-state index contributed by atoms with van der Waals surface area (Å²) >= 11 is 3.09. The molecule has 5 heteroatoms. The van der Waals surface area contributed by atoms with E-state index in [2.05, 4.69) is 25.5 Å². The lowest BCUT2D eigenvalue weighted by molar-refractivity contribution is 0.269. The first-order valence-electron chi connectivity index (χ1n) is 8.11. The average molecular weight is 342 g/mol. The van der Waals surface area contributed by atoms with Gasteiger partial charge >= 0.3 is 0 Å². The molecule has 2 aromatic rings. The third-order valence-corrected chi connectivity index (χ3v) is 6.21. The molecule has 0 amide bonds. The monoisotopic (exact) mass is 341 g/mol. The molecular weight excluding hydrogens is 322 g/mol. The van der Waals surface area contributed by atoms with Crippen LogP contribution in [0.3, 0.4) is 0 Å². The van der Waals surface area contributed by atoms with E-state index >= 15 is 0 Å². The molecule has 2 aliphatic heterocycles. The van der Waals surface area contributed by atoms with E-state index in [9.17, 15) is 0 Å². The van der Waals surface area contributed by atoms with Gasteiger partial charge < -0.3 is 4.90 Å². The standard InChI is InChI=1S/C18H19N3S2/c1-2-6-14(7-3-1)8-5-11-22-18-17(19-23-20-18)16-13-21-10-4-9-15(16)12-21/h1-3,6-7,15-16H,4,9-13H2/t15-,16-/m0/s1. The number of piperidine rings is 1. The van der Waals surface area contributed by atoms with Gasteiger partial charge in [-0.05, 0) is 37.4 Å². The molecule has 0 N–H and O–H groups in total. The predicted octanol–water partition coefficient (Wildman–Crippen LogP) is 3.49. The Hall–Kier alpha value is -1.35. The van der Waals surface area contributed by atoms with Crippen LogP contribution in [0.1, 0.15) is 30.0 Å². The van der Waals surface area contributed by atoms with E-state index in [4.69, 9.17) is 0 Å². The summed E-state index contributed by atoms with van der Waals surface area (Å²) in [7, 11) is 0. The van der Waals surface area contributed by atoms with E-state index in [1.165, 1.54) is 49.9 Å². The maximum absolute atomic E-state index is 4.63. The maximum Gasteiger partial charge on any atom is 0.134 e. The number of hydrogen-bond acceptors (Lipinski definition) is 5. The van der Waals surface area contributed by atoms with E-state index in [1.807, 2.05) is 30.3 Å². The minimum Gasteiger partial charge on any atom is -0.302 e. The Morgan fingerprint density at radius 1 is 1.22 bits per heavy atom. The first kappa shape index (κ1) is 15.2. The number of hydrogen-bond donors (Lipinski definition) is 0. The van der Waals surface area contributed by atoms with Gasteiger partial charge in [0.15, 0.2) is 0 Å². The van der Waals surface area contributed by atoms with Gasteiger partial charge in [0.25, 0.3) is 0 Å². The third-order valence-electron chi connectivity index (χ3n) is 4.69. The van der Waals surface area contributed by atoms with Crippen molar-refractivity contribution in [1.29, 1.82) is 0 Å².